The number of hydrogen-bond acceptors (Lipinski definition) is 12. The Labute approximate surface area is 489 Å². The Bertz CT molecular complexity index is 3070. The molecule has 83 heavy (non-hydrogen) atoms. The van der Waals surface area contributed by atoms with E-state index in [9.17, 15) is 5.11 Å². The molecule has 13 heteroatoms. The van der Waals surface area contributed by atoms with Gasteiger partial charge in [0.1, 0.15) is 54.2 Å². The van der Waals surface area contributed by atoms with E-state index in [1.54, 1.807) is 7.11 Å². The number of benzene rings is 8. The standard InChI is InChI=1S/C70H76O12Si/c1-70(2,3)83(58-36-22-10-23-37-58,59-38-24-11-25-39-59)78-50-61-63(74-45-52-28-14-6-15-29-52)65(76-47-54-32-18-8-19-33-54)62(71)68(80-61)82-67-66(77-48-55-34-20-9-21-35-55)64(75-46-53-30-16-7-17-31-53)60(49-73-44-51-26-12-5-13-27-51)81-69(67)79-57-42-40-56(72-4)41-43-57/h5-43,60-69,71H,44-50H2,1-4H3/t60-,61-,62+,63-,64-,65-,66+,67+,68-,69+/m1/s1. The van der Waals surface area contributed by atoms with Gasteiger partial charge in [0.25, 0.3) is 8.32 Å². The van der Waals surface area contributed by atoms with E-state index >= 15 is 0 Å². The minimum absolute atomic E-state index is 0.0367. The van der Waals surface area contributed by atoms with E-state index in [1.807, 2.05) is 188 Å². The molecule has 10 atom stereocenters. The van der Waals surface area contributed by atoms with E-state index < -0.39 is 69.7 Å². The van der Waals surface area contributed by atoms with E-state index in [0.29, 0.717) is 18.1 Å². The molecule has 0 amide bonds. The van der Waals surface area contributed by atoms with E-state index in [1.165, 1.54) is 0 Å². The summed E-state index contributed by atoms with van der Waals surface area (Å²) in [4.78, 5) is 0. The van der Waals surface area contributed by atoms with Gasteiger partial charge in [0.05, 0.1) is 53.4 Å². The third-order valence-corrected chi connectivity index (χ3v) is 20.2. The zero-order valence-corrected chi connectivity index (χ0v) is 48.7. The maximum Gasteiger partial charge on any atom is 0.261 e. The van der Waals surface area contributed by atoms with E-state index in [-0.39, 0.29) is 44.7 Å². The molecule has 0 aromatic heterocycles. The maximum absolute atomic E-state index is 13.2. The molecule has 12 nitrogen and oxygen atoms in total. The summed E-state index contributed by atoms with van der Waals surface area (Å²) >= 11 is 0. The first-order valence-electron chi connectivity index (χ1n) is 28.6. The molecule has 2 saturated heterocycles. The molecule has 432 valence electrons. The van der Waals surface area contributed by atoms with Crippen LogP contribution in [-0.2, 0) is 75.4 Å². The molecule has 0 aliphatic carbocycles. The third-order valence-electron chi connectivity index (χ3n) is 15.2. The Morgan fingerprint density at radius 1 is 0.398 bits per heavy atom. The van der Waals surface area contributed by atoms with Crippen molar-refractivity contribution in [1.82, 2.24) is 0 Å². The highest BCUT2D eigenvalue weighted by Gasteiger charge is 2.56. The quantitative estimate of drug-likeness (QED) is 0.0520. The summed E-state index contributed by atoms with van der Waals surface area (Å²) in [5, 5.41) is 15.0. The lowest BCUT2D eigenvalue weighted by atomic mass is 9.96. The highest BCUT2D eigenvalue weighted by molar-refractivity contribution is 6.99. The number of hydrogen-bond donors (Lipinski definition) is 1. The van der Waals surface area contributed by atoms with Crippen molar-refractivity contribution in [2.45, 2.75) is 120 Å². The first kappa shape index (κ1) is 59.3. The second kappa shape index (κ2) is 29.1. The van der Waals surface area contributed by atoms with Crippen LogP contribution in [0.3, 0.4) is 0 Å². The molecule has 0 saturated carbocycles. The van der Waals surface area contributed by atoms with Gasteiger partial charge in [0, 0.05) is 0 Å². The molecule has 8 aromatic rings. The van der Waals surface area contributed by atoms with Crippen LogP contribution in [0.25, 0.3) is 0 Å². The molecule has 10 rings (SSSR count). The van der Waals surface area contributed by atoms with Gasteiger partial charge in [-0.1, -0.05) is 233 Å². The second-order valence-corrected chi connectivity index (χ2v) is 26.3. The van der Waals surface area contributed by atoms with Gasteiger partial charge < -0.3 is 56.9 Å². The Balaban J connectivity index is 1.07. The molecule has 2 aliphatic rings. The SMILES string of the molecule is COc1ccc(O[C@H]2O[C@H](COCc3ccccc3)[C@@H](OCc3ccccc3)[C@H](OCc3ccccc3)[C@@H]2O[C@H]2O[C@H](CO[Si](c3ccccc3)(c3ccccc3)C(C)(C)C)[C@@H](OCc3ccccc3)[C@H](OCc3ccccc3)[C@@H]2O)cc1. The van der Waals surface area contributed by atoms with Gasteiger partial charge in [-0.25, -0.2) is 0 Å². The zero-order valence-electron chi connectivity index (χ0n) is 47.7. The minimum atomic E-state index is -3.20. The summed E-state index contributed by atoms with van der Waals surface area (Å²) in [6, 6.07) is 77.9. The minimum Gasteiger partial charge on any atom is -0.497 e. The molecule has 2 heterocycles. The van der Waals surface area contributed by atoms with Crippen LogP contribution < -0.4 is 19.8 Å². The summed E-state index contributed by atoms with van der Waals surface area (Å²) in [6.07, 6.45) is -10.5. The fraction of sp³-hybridized carbons (Fsp3) is 0.314. The van der Waals surface area contributed by atoms with Crippen LogP contribution in [0.2, 0.25) is 5.04 Å². The average Bonchev–Trinajstić information content (AvgIpc) is 3.72. The van der Waals surface area contributed by atoms with Gasteiger partial charge in [-0.15, -0.1) is 0 Å². The predicted octanol–water partition coefficient (Wildman–Crippen LogP) is 11.4. The largest absolute Gasteiger partial charge is 0.497 e. The molecule has 1 N–H and O–H groups in total. The summed E-state index contributed by atoms with van der Waals surface area (Å²) < 4.78 is 76.6. The van der Waals surface area contributed by atoms with Crippen LogP contribution >= 0.6 is 0 Å². The van der Waals surface area contributed by atoms with Crippen molar-refractivity contribution < 1.29 is 56.9 Å². The van der Waals surface area contributed by atoms with E-state index in [0.717, 1.165) is 38.2 Å². The maximum atomic E-state index is 13.2. The van der Waals surface area contributed by atoms with Crippen molar-refractivity contribution in [2.24, 2.45) is 0 Å². The lowest BCUT2D eigenvalue weighted by molar-refractivity contribution is -0.370. The summed E-state index contributed by atoms with van der Waals surface area (Å²) in [7, 11) is -1.59. The molecule has 0 unspecified atom stereocenters. The first-order valence-corrected chi connectivity index (χ1v) is 30.5. The zero-order chi connectivity index (χ0) is 57.3. The van der Waals surface area contributed by atoms with E-state index in [4.69, 9.17) is 51.8 Å². The molecule has 2 fully saturated rings. The van der Waals surface area contributed by atoms with Gasteiger partial charge in [-0.3, -0.25) is 0 Å². The summed E-state index contributed by atoms with van der Waals surface area (Å²) in [5.41, 5.74) is 4.72. The Morgan fingerprint density at radius 3 is 1.19 bits per heavy atom. The van der Waals surface area contributed by atoms with Crippen molar-refractivity contribution in [3.8, 4) is 11.5 Å². The smallest absolute Gasteiger partial charge is 0.261 e. The number of aliphatic hydroxyl groups is 1. The molecular weight excluding hydrogens is 1060 g/mol. The van der Waals surface area contributed by atoms with Crippen LogP contribution in [0.5, 0.6) is 11.5 Å². The van der Waals surface area contributed by atoms with Gasteiger partial charge >= 0.3 is 0 Å². The number of aliphatic hydroxyl groups excluding tert-OH is 1. The predicted molar refractivity (Wildman–Crippen MR) is 322 cm³/mol. The van der Waals surface area contributed by atoms with Crippen molar-refractivity contribution >= 4 is 18.7 Å². The van der Waals surface area contributed by atoms with Crippen LogP contribution in [0, 0.1) is 0 Å². The van der Waals surface area contributed by atoms with Gasteiger partial charge in [0.2, 0.25) is 6.29 Å². The van der Waals surface area contributed by atoms with Crippen LogP contribution in [-0.4, -0.2) is 95.2 Å². The molecule has 2 aliphatic heterocycles. The molecule has 0 radical (unpaired) electrons. The molecular formula is C70H76O12Si. The third kappa shape index (κ3) is 15.3. The normalized spacial score (nSPS) is 22.9. The number of methoxy groups -OCH3 is 1. The fourth-order valence-corrected chi connectivity index (χ4v) is 15.6. The van der Waals surface area contributed by atoms with Crippen molar-refractivity contribution in [1.29, 1.82) is 0 Å². The highest BCUT2D eigenvalue weighted by atomic mass is 28.4. The monoisotopic (exact) mass is 1140 g/mol. The Hall–Kier alpha value is -6.82. The van der Waals surface area contributed by atoms with Crippen LogP contribution in [0.1, 0.15) is 48.6 Å². The topological polar surface area (TPSA) is 122 Å². The molecule has 0 spiro atoms. The second-order valence-electron chi connectivity index (χ2n) is 22.0. The van der Waals surface area contributed by atoms with Crippen LogP contribution in [0.15, 0.2) is 237 Å². The van der Waals surface area contributed by atoms with Crippen molar-refractivity contribution in [3.63, 3.8) is 0 Å². The number of ether oxygens (including phenoxy) is 10. The number of rotatable bonds is 26. The van der Waals surface area contributed by atoms with Crippen LogP contribution in [0.4, 0.5) is 0 Å². The fourth-order valence-electron chi connectivity index (χ4n) is 11.0. The average molecular weight is 1140 g/mol. The summed E-state index contributed by atoms with van der Waals surface area (Å²) in [6.45, 7) is 7.92. The Kier molecular flexibility index (Phi) is 20.8. The lowest BCUT2D eigenvalue weighted by Crippen LogP contribution is -2.69. The molecule has 0 bridgehead atoms. The van der Waals surface area contributed by atoms with Crippen molar-refractivity contribution in [2.75, 3.05) is 20.3 Å². The van der Waals surface area contributed by atoms with E-state index in [2.05, 4.69) is 69.3 Å². The Morgan fingerprint density at radius 2 is 0.759 bits per heavy atom. The van der Waals surface area contributed by atoms with Gasteiger partial charge in [0.15, 0.2) is 12.4 Å². The lowest BCUT2D eigenvalue weighted by Gasteiger charge is -2.50. The molecule has 8 aromatic carbocycles. The van der Waals surface area contributed by atoms with Gasteiger partial charge in [-0.05, 0) is 67.5 Å². The highest BCUT2D eigenvalue weighted by Crippen LogP contribution is 2.40. The van der Waals surface area contributed by atoms with Crippen molar-refractivity contribution in [3.05, 3.63) is 264 Å². The summed E-state index contributed by atoms with van der Waals surface area (Å²) in [5.74, 6) is 1.12. The first-order chi connectivity index (χ1) is 40.6. The van der Waals surface area contributed by atoms with Gasteiger partial charge in [-0.2, -0.15) is 0 Å².